The highest BCUT2D eigenvalue weighted by atomic mass is 35.5. The number of anilines is 1. The molecule has 4 rings (SSSR count). The van der Waals surface area contributed by atoms with Crippen molar-refractivity contribution in [2.24, 2.45) is 0 Å². The van der Waals surface area contributed by atoms with Gasteiger partial charge in [-0.15, -0.1) is 11.3 Å². The van der Waals surface area contributed by atoms with Gasteiger partial charge in [0.15, 0.2) is 5.60 Å². The first-order chi connectivity index (χ1) is 14.3. The SMILES string of the molecule is CC(C)(Oc1ccccc1)C(=O)Nc1c(Cl)cc(Cl)cc1-c1nc2ccccc2s1. The van der Waals surface area contributed by atoms with Crippen LogP contribution < -0.4 is 10.1 Å². The smallest absolute Gasteiger partial charge is 0.268 e. The summed E-state index contributed by atoms with van der Waals surface area (Å²) in [5.74, 6) is 0.268. The van der Waals surface area contributed by atoms with Crippen molar-refractivity contribution in [3.63, 3.8) is 0 Å². The molecule has 1 N–H and O–H groups in total. The molecule has 0 saturated carbocycles. The van der Waals surface area contributed by atoms with Gasteiger partial charge in [0.1, 0.15) is 10.8 Å². The normalized spacial score (nSPS) is 11.5. The Morgan fingerprint density at radius 1 is 1.03 bits per heavy atom. The van der Waals surface area contributed by atoms with E-state index in [-0.39, 0.29) is 5.91 Å². The molecule has 4 aromatic rings. The molecule has 30 heavy (non-hydrogen) atoms. The minimum Gasteiger partial charge on any atom is -0.478 e. The summed E-state index contributed by atoms with van der Waals surface area (Å²) in [6.07, 6.45) is 0. The molecular formula is C23H18Cl2N2O2S. The topological polar surface area (TPSA) is 51.2 Å². The van der Waals surface area contributed by atoms with E-state index in [9.17, 15) is 4.79 Å². The molecule has 0 atom stereocenters. The summed E-state index contributed by atoms with van der Waals surface area (Å²) < 4.78 is 6.93. The van der Waals surface area contributed by atoms with E-state index in [0.29, 0.717) is 27.0 Å². The Hall–Kier alpha value is -2.60. The van der Waals surface area contributed by atoms with E-state index in [2.05, 4.69) is 10.3 Å². The van der Waals surface area contributed by atoms with Crippen LogP contribution in [-0.2, 0) is 4.79 Å². The van der Waals surface area contributed by atoms with Gasteiger partial charge >= 0.3 is 0 Å². The first-order valence-electron chi connectivity index (χ1n) is 9.24. The zero-order valence-corrected chi connectivity index (χ0v) is 18.6. The van der Waals surface area contributed by atoms with E-state index >= 15 is 0 Å². The summed E-state index contributed by atoms with van der Waals surface area (Å²) in [5, 5.41) is 4.44. The third kappa shape index (κ3) is 4.29. The molecule has 0 radical (unpaired) electrons. The predicted molar refractivity (Wildman–Crippen MR) is 125 cm³/mol. The first-order valence-corrected chi connectivity index (χ1v) is 10.8. The van der Waals surface area contributed by atoms with Gasteiger partial charge in [-0.25, -0.2) is 4.98 Å². The first kappa shape index (κ1) is 20.7. The molecule has 0 fully saturated rings. The largest absolute Gasteiger partial charge is 0.478 e. The van der Waals surface area contributed by atoms with Crippen LogP contribution in [0.5, 0.6) is 5.75 Å². The monoisotopic (exact) mass is 456 g/mol. The van der Waals surface area contributed by atoms with Crippen molar-refractivity contribution in [1.29, 1.82) is 0 Å². The Labute approximate surface area is 188 Å². The summed E-state index contributed by atoms with van der Waals surface area (Å²) in [5.41, 5.74) is 0.862. The van der Waals surface area contributed by atoms with Crippen LogP contribution in [-0.4, -0.2) is 16.5 Å². The number of amides is 1. The van der Waals surface area contributed by atoms with Crippen molar-refractivity contribution in [1.82, 2.24) is 4.98 Å². The third-order valence-corrected chi connectivity index (χ3v) is 6.07. The van der Waals surface area contributed by atoms with Gasteiger partial charge in [0.05, 0.1) is 20.9 Å². The number of ether oxygens (including phenoxy) is 1. The van der Waals surface area contributed by atoms with Gasteiger partial charge < -0.3 is 10.1 Å². The number of thiazole rings is 1. The van der Waals surface area contributed by atoms with E-state index < -0.39 is 5.60 Å². The highest BCUT2D eigenvalue weighted by Gasteiger charge is 2.31. The van der Waals surface area contributed by atoms with Gasteiger partial charge in [-0.1, -0.05) is 53.5 Å². The van der Waals surface area contributed by atoms with Crippen LogP contribution in [0.3, 0.4) is 0 Å². The number of rotatable bonds is 5. The van der Waals surface area contributed by atoms with Gasteiger partial charge in [-0.2, -0.15) is 0 Å². The van der Waals surface area contributed by atoms with Crippen LogP contribution in [0.4, 0.5) is 5.69 Å². The Kier molecular flexibility index (Phi) is 5.69. The molecule has 7 heteroatoms. The third-order valence-electron chi connectivity index (χ3n) is 4.48. The Balaban J connectivity index is 1.69. The highest BCUT2D eigenvalue weighted by Crippen LogP contribution is 2.40. The average molecular weight is 457 g/mol. The fraction of sp³-hybridized carbons (Fsp3) is 0.130. The van der Waals surface area contributed by atoms with Gasteiger partial charge in [-0.3, -0.25) is 4.79 Å². The summed E-state index contributed by atoms with van der Waals surface area (Å²) in [4.78, 5) is 17.8. The lowest BCUT2D eigenvalue weighted by molar-refractivity contribution is -0.128. The van der Waals surface area contributed by atoms with Crippen molar-refractivity contribution >= 4 is 56.3 Å². The lowest BCUT2D eigenvalue weighted by atomic mass is 10.1. The summed E-state index contributed by atoms with van der Waals surface area (Å²) in [7, 11) is 0. The van der Waals surface area contributed by atoms with E-state index in [1.165, 1.54) is 11.3 Å². The maximum atomic E-state index is 13.1. The number of carbonyl (C=O) groups excluding carboxylic acids is 1. The van der Waals surface area contributed by atoms with E-state index in [1.54, 1.807) is 38.1 Å². The number of hydrogen-bond acceptors (Lipinski definition) is 4. The Morgan fingerprint density at radius 3 is 2.47 bits per heavy atom. The molecule has 1 amide bonds. The number of nitrogens with one attached hydrogen (secondary N) is 1. The molecule has 1 aromatic heterocycles. The number of halogens is 2. The van der Waals surface area contributed by atoms with E-state index in [1.807, 2.05) is 42.5 Å². The van der Waals surface area contributed by atoms with Crippen molar-refractivity contribution in [2.75, 3.05) is 5.32 Å². The van der Waals surface area contributed by atoms with Crippen LogP contribution in [0.15, 0.2) is 66.7 Å². The number of carbonyl (C=O) groups is 1. The van der Waals surface area contributed by atoms with Crippen molar-refractivity contribution < 1.29 is 9.53 Å². The highest BCUT2D eigenvalue weighted by molar-refractivity contribution is 7.21. The summed E-state index contributed by atoms with van der Waals surface area (Å²) >= 11 is 14.2. The number of benzene rings is 3. The molecule has 0 aliphatic heterocycles. The minimum absolute atomic E-state index is 0.334. The molecule has 0 aliphatic carbocycles. The molecule has 3 aromatic carbocycles. The number of nitrogens with zero attached hydrogens (tertiary/aromatic N) is 1. The van der Waals surface area contributed by atoms with Gasteiger partial charge in [0, 0.05) is 10.6 Å². The van der Waals surface area contributed by atoms with E-state index in [0.717, 1.165) is 15.2 Å². The number of hydrogen-bond donors (Lipinski definition) is 1. The van der Waals surface area contributed by atoms with Crippen LogP contribution in [0.1, 0.15) is 13.8 Å². The van der Waals surface area contributed by atoms with Crippen molar-refractivity contribution in [2.45, 2.75) is 19.4 Å². The molecule has 0 bridgehead atoms. The number of para-hydroxylation sites is 2. The summed E-state index contributed by atoms with van der Waals surface area (Å²) in [6.45, 7) is 3.41. The fourth-order valence-corrected chi connectivity index (χ4v) is 4.48. The van der Waals surface area contributed by atoms with Crippen LogP contribution in [0, 0.1) is 0 Å². The Bertz CT molecular complexity index is 1190. The molecular weight excluding hydrogens is 439 g/mol. The average Bonchev–Trinajstić information content (AvgIpc) is 3.14. The van der Waals surface area contributed by atoms with E-state index in [4.69, 9.17) is 27.9 Å². The molecule has 0 saturated heterocycles. The molecule has 0 spiro atoms. The second kappa shape index (κ2) is 8.26. The lowest BCUT2D eigenvalue weighted by Gasteiger charge is -2.26. The molecule has 1 heterocycles. The number of aromatic nitrogens is 1. The van der Waals surface area contributed by atoms with Crippen LogP contribution >= 0.6 is 34.5 Å². The van der Waals surface area contributed by atoms with Crippen LogP contribution in [0.2, 0.25) is 10.0 Å². The van der Waals surface area contributed by atoms with Crippen LogP contribution in [0.25, 0.3) is 20.8 Å². The second-order valence-corrected chi connectivity index (χ2v) is 9.05. The predicted octanol–water partition coefficient (Wildman–Crippen LogP) is 7.07. The molecule has 4 nitrogen and oxygen atoms in total. The zero-order chi connectivity index (χ0) is 21.3. The number of fused-ring (bicyclic) bond motifs is 1. The molecule has 0 unspecified atom stereocenters. The second-order valence-electron chi connectivity index (χ2n) is 7.18. The Morgan fingerprint density at radius 2 is 1.73 bits per heavy atom. The van der Waals surface area contributed by atoms with Crippen molar-refractivity contribution in [3.8, 4) is 16.3 Å². The minimum atomic E-state index is -1.13. The van der Waals surface area contributed by atoms with Gasteiger partial charge in [0.2, 0.25) is 0 Å². The zero-order valence-electron chi connectivity index (χ0n) is 16.3. The maximum Gasteiger partial charge on any atom is 0.268 e. The molecule has 152 valence electrons. The quantitative estimate of drug-likeness (QED) is 0.349. The molecule has 0 aliphatic rings. The standard InChI is InChI=1S/C23H18Cl2N2O2S/c1-23(2,29-15-8-4-3-5-9-15)22(28)27-20-16(12-14(24)13-17(20)25)21-26-18-10-6-7-11-19(18)30-21/h3-13H,1-2H3,(H,27,28). The maximum absolute atomic E-state index is 13.1. The lowest BCUT2D eigenvalue weighted by Crippen LogP contribution is -2.42. The van der Waals surface area contributed by atoms with Crippen molar-refractivity contribution in [3.05, 3.63) is 76.8 Å². The fourth-order valence-electron chi connectivity index (χ4n) is 2.95. The van der Waals surface area contributed by atoms with Gasteiger partial charge in [0.25, 0.3) is 5.91 Å². The van der Waals surface area contributed by atoms with Gasteiger partial charge in [-0.05, 0) is 50.2 Å². The summed E-state index contributed by atoms with van der Waals surface area (Å²) in [6, 6.07) is 20.4.